The number of likely N-dealkylation sites (tertiary alicyclic amines) is 1. The van der Waals surface area contributed by atoms with Crippen LogP contribution < -0.4 is 0 Å². The molecule has 0 unspecified atom stereocenters. The third-order valence-corrected chi connectivity index (χ3v) is 4.05. The van der Waals surface area contributed by atoms with Gasteiger partial charge in [0.15, 0.2) is 0 Å². The summed E-state index contributed by atoms with van der Waals surface area (Å²) in [7, 11) is 0. The predicted octanol–water partition coefficient (Wildman–Crippen LogP) is 2.51. The molecule has 0 radical (unpaired) electrons. The van der Waals surface area contributed by atoms with Crippen molar-refractivity contribution in [1.82, 2.24) is 4.90 Å². The minimum atomic E-state index is -0.459. The predicted molar refractivity (Wildman–Crippen MR) is 71.0 cm³/mol. The molecule has 0 amide bonds. The van der Waals surface area contributed by atoms with E-state index in [-0.39, 0.29) is 0 Å². The highest BCUT2D eigenvalue weighted by Crippen LogP contribution is 2.29. The van der Waals surface area contributed by atoms with Crippen molar-refractivity contribution in [3.8, 4) is 0 Å². The molecule has 1 aliphatic heterocycles. The van der Waals surface area contributed by atoms with Crippen LogP contribution in [-0.4, -0.2) is 28.7 Å². The number of benzene rings is 1. The van der Waals surface area contributed by atoms with E-state index in [1.807, 2.05) is 0 Å². The molecule has 1 heterocycles. The molecule has 2 heteroatoms. The first-order valence-corrected chi connectivity index (χ1v) is 6.41. The third kappa shape index (κ3) is 2.53. The number of aryl methyl sites for hydroxylation is 2. The van der Waals surface area contributed by atoms with Crippen LogP contribution in [-0.2, 0) is 6.54 Å². The number of aliphatic hydroxyl groups is 1. The molecule has 1 aromatic rings. The Morgan fingerprint density at radius 2 is 1.88 bits per heavy atom. The number of hydrogen-bond acceptors (Lipinski definition) is 2. The van der Waals surface area contributed by atoms with Crippen LogP contribution in [0.5, 0.6) is 0 Å². The van der Waals surface area contributed by atoms with E-state index in [4.69, 9.17) is 0 Å². The molecular weight excluding hydrogens is 210 g/mol. The van der Waals surface area contributed by atoms with Crippen LogP contribution in [0.1, 0.15) is 30.5 Å². The smallest absolute Gasteiger partial charge is 0.0923 e. The standard InChI is InChI=1S/C15H23NO/c1-11(2)15(17)9-16(10-15)8-14-6-5-12(3)13(4)7-14/h5-7,11,17H,8-10H2,1-4H3. The van der Waals surface area contributed by atoms with Gasteiger partial charge in [-0.3, -0.25) is 4.90 Å². The zero-order valence-electron chi connectivity index (χ0n) is 11.3. The molecule has 0 spiro atoms. The van der Waals surface area contributed by atoms with Gasteiger partial charge < -0.3 is 5.11 Å². The largest absolute Gasteiger partial charge is 0.387 e. The maximum Gasteiger partial charge on any atom is 0.0923 e. The molecule has 0 bridgehead atoms. The van der Waals surface area contributed by atoms with Crippen LogP contribution in [0, 0.1) is 19.8 Å². The summed E-state index contributed by atoms with van der Waals surface area (Å²) < 4.78 is 0. The van der Waals surface area contributed by atoms with Crippen LogP contribution in [0.4, 0.5) is 0 Å². The zero-order valence-corrected chi connectivity index (χ0v) is 11.3. The van der Waals surface area contributed by atoms with Gasteiger partial charge in [0.2, 0.25) is 0 Å². The van der Waals surface area contributed by atoms with Crippen LogP contribution in [0.3, 0.4) is 0 Å². The summed E-state index contributed by atoms with van der Waals surface area (Å²) in [6.07, 6.45) is 0. The quantitative estimate of drug-likeness (QED) is 0.867. The minimum absolute atomic E-state index is 0.346. The first kappa shape index (κ1) is 12.6. The Labute approximate surface area is 104 Å². The lowest BCUT2D eigenvalue weighted by Gasteiger charge is -2.49. The molecule has 0 saturated carbocycles. The molecule has 2 rings (SSSR count). The van der Waals surface area contributed by atoms with E-state index in [1.54, 1.807) is 0 Å². The van der Waals surface area contributed by atoms with Gasteiger partial charge in [0.05, 0.1) is 5.60 Å². The number of β-amino-alcohol motifs (C(OH)–C–C–N with tert-alkyl or cyclic N) is 1. The fourth-order valence-electron chi connectivity index (χ4n) is 2.37. The number of hydrogen-bond donors (Lipinski definition) is 1. The van der Waals surface area contributed by atoms with E-state index in [0.29, 0.717) is 5.92 Å². The van der Waals surface area contributed by atoms with E-state index < -0.39 is 5.60 Å². The first-order valence-electron chi connectivity index (χ1n) is 6.41. The molecule has 1 saturated heterocycles. The normalized spacial score (nSPS) is 19.4. The summed E-state index contributed by atoms with van der Waals surface area (Å²) >= 11 is 0. The Bertz CT molecular complexity index is 405. The lowest BCUT2D eigenvalue weighted by Crippen LogP contribution is -2.63. The van der Waals surface area contributed by atoms with E-state index in [0.717, 1.165) is 19.6 Å². The lowest BCUT2D eigenvalue weighted by atomic mass is 9.83. The molecule has 0 aliphatic carbocycles. The number of nitrogens with zero attached hydrogens (tertiary/aromatic N) is 1. The van der Waals surface area contributed by atoms with Gasteiger partial charge >= 0.3 is 0 Å². The average molecular weight is 233 g/mol. The van der Waals surface area contributed by atoms with Gasteiger partial charge in [0.1, 0.15) is 0 Å². The molecule has 0 aromatic heterocycles. The Hall–Kier alpha value is -0.860. The van der Waals surface area contributed by atoms with E-state index in [1.165, 1.54) is 16.7 Å². The average Bonchev–Trinajstić information content (AvgIpc) is 2.20. The first-order chi connectivity index (χ1) is 7.90. The monoisotopic (exact) mass is 233 g/mol. The molecule has 17 heavy (non-hydrogen) atoms. The fraction of sp³-hybridized carbons (Fsp3) is 0.600. The van der Waals surface area contributed by atoms with Crippen molar-refractivity contribution >= 4 is 0 Å². The lowest BCUT2D eigenvalue weighted by molar-refractivity contribution is -0.130. The van der Waals surface area contributed by atoms with Crippen molar-refractivity contribution in [1.29, 1.82) is 0 Å². The van der Waals surface area contributed by atoms with Crippen molar-refractivity contribution in [2.75, 3.05) is 13.1 Å². The van der Waals surface area contributed by atoms with Crippen molar-refractivity contribution < 1.29 is 5.11 Å². The zero-order chi connectivity index (χ0) is 12.6. The molecule has 94 valence electrons. The maximum absolute atomic E-state index is 10.2. The fourth-order valence-corrected chi connectivity index (χ4v) is 2.37. The van der Waals surface area contributed by atoms with Gasteiger partial charge in [-0.15, -0.1) is 0 Å². The summed E-state index contributed by atoms with van der Waals surface area (Å²) in [5.74, 6) is 0.346. The Kier molecular flexibility index (Phi) is 3.28. The summed E-state index contributed by atoms with van der Waals surface area (Å²) in [6, 6.07) is 6.62. The second kappa shape index (κ2) is 4.43. The van der Waals surface area contributed by atoms with Gasteiger partial charge in [0.25, 0.3) is 0 Å². The van der Waals surface area contributed by atoms with E-state index in [2.05, 4.69) is 50.8 Å². The molecule has 1 N–H and O–H groups in total. The second-order valence-electron chi connectivity index (χ2n) is 5.82. The summed E-state index contributed by atoms with van der Waals surface area (Å²) in [6.45, 7) is 11.0. The second-order valence-corrected chi connectivity index (χ2v) is 5.82. The topological polar surface area (TPSA) is 23.5 Å². The van der Waals surface area contributed by atoms with E-state index in [9.17, 15) is 5.11 Å². The summed E-state index contributed by atoms with van der Waals surface area (Å²) in [5.41, 5.74) is 3.58. The van der Waals surface area contributed by atoms with Gasteiger partial charge in [-0.05, 0) is 36.5 Å². The molecule has 0 atom stereocenters. The summed E-state index contributed by atoms with van der Waals surface area (Å²) in [5, 5.41) is 10.2. The van der Waals surface area contributed by atoms with E-state index >= 15 is 0 Å². The Balaban J connectivity index is 1.94. The van der Waals surface area contributed by atoms with Crippen molar-refractivity contribution in [2.45, 2.75) is 39.8 Å². The summed E-state index contributed by atoms with van der Waals surface area (Å²) in [4.78, 5) is 2.31. The van der Waals surface area contributed by atoms with Crippen molar-refractivity contribution in [2.24, 2.45) is 5.92 Å². The highest BCUT2D eigenvalue weighted by Gasteiger charge is 2.43. The molecule has 2 nitrogen and oxygen atoms in total. The van der Waals surface area contributed by atoms with Crippen LogP contribution in [0.25, 0.3) is 0 Å². The highest BCUT2D eigenvalue weighted by molar-refractivity contribution is 5.30. The van der Waals surface area contributed by atoms with Crippen LogP contribution in [0.15, 0.2) is 18.2 Å². The van der Waals surface area contributed by atoms with Crippen LogP contribution in [0.2, 0.25) is 0 Å². The molecule has 1 aliphatic rings. The molecule has 1 aromatic carbocycles. The molecule has 1 fully saturated rings. The van der Waals surface area contributed by atoms with Crippen LogP contribution >= 0.6 is 0 Å². The SMILES string of the molecule is Cc1ccc(CN2CC(O)(C(C)C)C2)cc1C. The minimum Gasteiger partial charge on any atom is -0.387 e. The third-order valence-electron chi connectivity index (χ3n) is 4.05. The Morgan fingerprint density at radius 3 is 2.41 bits per heavy atom. The Morgan fingerprint density at radius 1 is 1.24 bits per heavy atom. The van der Waals surface area contributed by atoms with Gasteiger partial charge in [-0.25, -0.2) is 0 Å². The van der Waals surface area contributed by atoms with Crippen molar-refractivity contribution in [3.63, 3.8) is 0 Å². The van der Waals surface area contributed by atoms with Gasteiger partial charge in [-0.1, -0.05) is 32.0 Å². The molecular formula is C15H23NO. The maximum atomic E-state index is 10.2. The van der Waals surface area contributed by atoms with Gasteiger partial charge in [-0.2, -0.15) is 0 Å². The highest BCUT2D eigenvalue weighted by atomic mass is 16.3. The van der Waals surface area contributed by atoms with Gasteiger partial charge in [0, 0.05) is 19.6 Å². The number of rotatable bonds is 3. The van der Waals surface area contributed by atoms with Crippen molar-refractivity contribution in [3.05, 3.63) is 34.9 Å².